The number of nitrogen functional groups attached to an aromatic ring is 1. The lowest BCUT2D eigenvalue weighted by molar-refractivity contribution is 0.102. The number of carbonyl (C=O) groups is 1. The van der Waals surface area contributed by atoms with Gasteiger partial charge in [-0.25, -0.2) is 0 Å². The zero-order valence-electron chi connectivity index (χ0n) is 15.0. The Balaban J connectivity index is 1.76. The van der Waals surface area contributed by atoms with Gasteiger partial charge in [0.1, 0.15) is 5.75 Å². The molecule has 3 aromatic rings. The van der Waals surface area contributed by atoms with Gasteiger partial charge in [0, 0.05) is 22.3 Å². The van der Waals surface area contributed by atoms with Crippen LogP contribution in [-0.4, -0.2) is 31.2 Å². The number of hydrogen-bond acceptors (Lipinski definition) is 5. The van der Waals surface area contributed by atoms with Crippen molar-refractivity contribution in [2.24, 2.45) is 0 Å². The van der Waals surface area contributed by atoms with Gasteiger partial charge >= 0.3 is 0 Å². The van der Waals surface area contributed by atoms with Crippen LogP contribution in [0, 0.1) is 0 Å². The minimum Gasteiger partial charge on any atom is -0.493 e. The van der Waals surface area contributed by atoms with Crippen molar-refractivity contribution in [3.63, 3.8) is 0 Å². The number of rotatable bonds is 7. The molecule has 0 heterocycles. The number of hydrogen-bond donors (Lipinski definition) is 3. The van der Waals surface area contributed by atoms with Crippen molar-refractivity contribution in [3.8, 4) is 5.75 Å². The maximum absolute atomic E-state index is 12.4. The SMILES string of the molecule is Nc1ccc(C(=O)Nc2ccc3cccc(OCCCS(=O)(=O)O)c3c2)cc1. The Morgan fingerprint density at radius 1 is 1.07 bits per heavy atom. The van der Waals surface area contributed by atoms with Crippen LogP contribution in [0.4, 0.5) is 11.4 Å². The standard InChI is InChI=1S/C20H20N2O5S/c21-16-8-5-15(6-9-16)20(23)22-17-10-7-14-3-1-4-19(18(14)13-17)27-11-2-12-28(24,25)26/h1,3-10,13H,2,11-12,21H2,(H,22,23)(H,24,25,26). The van der Waals surface area contributed by atoms with Crippen LogP contribution in [0.5, 0.6) is 5.75 Å². The third-order valence-corrected chi connectivity index (χ3v) is 4.88. The molecule has 146 valence electrons. The summed E-state index contributed by atoms with van der Waals surface area (Å²) in [5.74, 6) is -0.0527. The van der Waals surface area contributed by atoms with Crippen LogP contribution in [0.15, 0.2) is 60.7 Å². The van der Waals surface area contributed by atoms with Gasteiger partial charge in [-0.2, -0.15) is 8.42 Å². The predicted molar refractivity (Wildman–Crippen MR) is 109 cm³/mol. The number of benzene rings is 3. The lowest BCUT2D eigenvalue weighted by Gasteiger charge is -2.11. The van der Waals surface area contributed by atoms with Crippen LogP contribution in [0.3, 0.4) is 0 Å². The van der Waals surface area contributed by atoms with Crippen LogP contribution in [0.25, 0.3) is 10.8 Å². The molecule has 0 aromatic heterocycles. The van der Waals surface area contributed by atoms with Crippen molar-refractivity contribution in [3.05, 3.63) is 66.2 Å². The van der Waals surface area contributed by atoms with Crippen molar-refractivity contribution >= 4 is 38.2 Å². The summed E-state index contributed by atoms with van der Waals surface area (Å²) >= 11 is 0. The van der Waals surface area contributed by atoms with E-state index in [9.17, 15) is 13.2 Å². The Hall–Kier alpha value is -3.10. The van der Waals surface area contributed by atoms with E-state index in [1.165, 1.54) is 0 Å². The van der Waals surface area contributed by atoms with Gasteiger partial charge in [-0.15, -0.1) is 0 Å². The molecule has 0 radical (unpaired) electrons. The van der Waals surface area contributed by atoms with Crippen LogP contribution in [0.2, 0.25) is 0 Å². The highest BCUT2D eigenvalue weighted by Crippen LogP contribution is 2.28. The molecule has 3 aromatic carbocycles. The Morgan fingerprint density at radius 3 is 2.54 bits per heavy atom. The average molecular weight is 400 g/mol. The number of carbonyl (C=O) groups excluding carboxylic acids is 1. The van der Waals surface area contributed by atoms with E-state index in [1.807, 2.05) is 18.2 Å². The fraction of sp³-hybridized carbons (Fsp3) is 0.150. The predicted octanol–water partition coefficient (Wildman–Crippen LogP) is 3.33. The van der Waals surface area contributed by atoms with Crippen molar-refractivity contribution in [2.45, 2.75) is 6.42 Å². The molecule has 0 aliphatic rings. The smallest absolute Gasteiger partial charge is 0.264 e. The molecule has 7 nitrogen and oxygen atoms in total. The first-order chi connectivity index (χ1) is 13.3. The van der Waals surface area contributed by atoms with Crippen molar-refractivity contribution in [2.75, 3.05) is 23.4 Å². The zero-order chi connectivity index (χ0) is 20.1. The van der Waals surface area contributed by atoms with Crippen molar-refractivity contribution < 1.29 is 22.5 Å². The van der Waals surface area contributed by atoms with E-state index in [4.69, 9.17) is 15.0 Å². The second-order valence-electron chi connectivity index (χ2n) is 6.26. The monoisotopic (exact) mass is 400 g/mol. The molecule has 4 N–H and O–H groups in total. The minimum atomic E-state index is -4.01. The summed E-state index contributed by atoms with van der Waals surface area (Å²) < 4.78 is 36.0. The molecule has 0 aliphatic carbocycles. The molecule has 8 heteroatoms. The summed E-state index contributed by atoms with van der Waals surface area (Å²) in [5, 5.41) is 4.53. The highest BCUT2D eigenvalue weighted by Gasteiger charge is 2.09. The van der Waals surface area contributed by atoms with Crippen LogP contribution in [0.1, 0.15) is 16.8 Å². The van der Waals surface area contributed by atoms with E-state index < -0.39 is 10.1 Å². The fourth-order valence-electron chi connectivity index (χ4n) is 2.71. The third-order valence-electron chi connectivity index (χ3n) is 4.08. The lowest BCUT2D eigenvalue weighted by Crippen LogP contribution is -2.11. The Morgan fingerprint density at radius 2 is 1.82 bits per heavy atom. The van der Waals surface area contributed by atoms with Gasteiger partial charge in [-0.1, -0.05) is 18.2 Å². The maximum atomic E-state index is 12.4. The number of fused-ring (bicyclic) bond motifs is 1. The molecular weight excluding hydrogens is 380 g/mol. The molecule has 0 saturated carbocycles. The normalized spacial score (nSPS) is 11.3. The lowest BCUT2D eigenvalue weighted by atomic mass is 10.1. The van der Waals surface area contributed by atoms with Crippen LogP contribution >= 0.6 is 0 Å². The van der Waals surface area contributed by atoms with Crippen LogP contribution in [-0.2, 0) is 10.1 Å². The first-order valence-corrected chi connectivity index (χ1v) is 10.2. The van der Waals surface area contributed by atoms with E-state index in [2.05, 4.69) is 5.32 Å². The van der Waals surface area contributed by atoms with Gasteiger partial charge in [0.05, 0.1) is 12.4 Å². The van der Waals surface area contributed by atoms with Gasteiger partial charge in [-0.05, 0) is 54.3 Å². The molecule has 28 heavy (non-hydrogen) atoms. The van der Waals surface area contributed by atoms with Gasteiger partial charge in [0.2, 0.25) is 0 Å². The Kier molecular flexibility index (Phi) is 5.81. The number of nitrogens with two attached hydrogens (primary N) is 1. The van der Waals surface area contributed by atoms with E-state index in [-0.39, 0.29) is 24.7 Å². The number of nitrogens with one attached hydrogen (secondary N) is 1. The fourth-order valence-corrected chi connectivity index (χ4v) is 3.19. The summed E-state index contributed by atoms with van der Waals surface area (Å²) in [6.45, 7) is 0.140. The van der Waals surface area contributed by atoms with Gasteiger partial charge in [0.25, 0.3) is 16.0 Å². The summed E-state index contributed by atoms with van der Waals surface area (Å²) in [4.78, 5) is 12.4. The first-order valence-electron chi connectivity index (χ1n) is 8.59. The molecule has 0 atom stereocenters. The largest absolute Gasteiger partial charge is 0.493 e. The summed E-state index contributed by atoms with van der Waals surface area (Å²) in [5.41, 5.74) is 7.31. The number of ether oxygens (including phenoxy) is 1. The first kappa shape index (κ1) is 19.7. The van der Waals surface area contributed by atoms with E-state index in [1.54, 1.807) is 42.5 Å². The quantitative estimate of drug-likeness (QED) is 0.318. The molecule has 0 saturated heterocycles. The zero-order valence-corrected chi connectivity index (χ0v) is 15.8. The average Bonchev–Trinajstić information content (AvgIpc) is 2.65. The topological polar surface area (TPSA) is 119 Å². The van der Waals surface area contributed by atoms with Crippen molar-refractivity contribution in [1.82, 2.24) is 0 Å². The van der Waals surface area contributed by atoms with Gasteiger partial charge < -0.3 is 15.8 Å². The number of amides is 1. The van der Waals surface area contributed by atoms with E-state index in [0.29, 0.717) is 22.7 Å². The summed E-state index contributed by atoms with van der Waals surface area (Å²) in [6.07, 6.45) is 0.169. The second-order valence-corrected chi connectivity index (χ2v) is 7.83. The molecule has 3 rings (SSSR count). The highest BCUT2D eigenvalue weighted by molar-refractivity contribution is 7.85. The molecule has 0 spiro atoms. The third kappa shape index (κ3) is 5.21. The minimum absolute atomic E-state index is 0.140. The maximum Gasteiger partial charge on any atom is 0.264 e. The van der Waals surface area contributed by atoms with Crippen LogP contribution < -0.4 is 15.8 Å². The molecular formula is C20H20N2O5S. The Labute approximate surface area is 162 Å². The number of anilines is 2. The van der Waals surface area contributed by atoms with Crippen molar-refractivity contribution in [1.29, 1.82) is 0 Å². The van der Waals surface area contributed by atoms with Gasteiger partial charge in [0.15, 0.2) is 0 Å². The van der Waals surface area contributed by atoms with Gasteiger partial charge in [-0.3, -0.25) is 9.35 Å². The highest BCUT2D eigenvalue weighted by atomic mass is 32.2. The summed E-state index contributed by atoms with van der Waals surface area (Å²) in [6, 6.07) is 17.6. The molecule has 1 amide bonds. The second kappa shape index (κ2) is 8.28. The molecule has 0 aliphatic heterocycles. The van der Waals surface area contributed by atoms with E-state index in [0.717, 1.165) is 10.8 Å². The molecule has 0 bridgehead atoms. The van der Waals surface area contributed by atoms with E-state index >= 15 is 0 Å². The molecule has 0 unspecified atom stereocenters. The summed E-state index contributed by atoms with van der Waals surface area (Å²) in [7, 11) is -4.01. The molecule has 0 fully saturated rings. The Bertz CT molecular complexity index is 1100.